The maximum absolute atomic E-state index is 13.0. The normalized spacial score (nSPS) is 11.1. The lowest BCUT2D eigenvalue weighted by Gasteiger charge is -2.05. The van der Waals surface area contributed by atoms with E-state index in [1.807, 2.05) is 13.8 Å². The molecule has 90 valence electrons. The highest BCUT2D eigenvalue weighted by molar-refractivity contribution is 7.20. The Hall–Kier alpha value is -1.42. The summed E-state index contributed by atoms with van der Waals surface area (Å²) in [7, 11) is 0. The molecule has 1 aromatic heterocycles. The van der Waals surface area contributed by atoms with E-state index in [2.05, 4.69) is 5.32 Å². The van der Waals surface area contributed by atoms with Gasteiger partial charge < -0.3 is 5.32 Å². The maximum atomic E-state index is 13.0. The van der Waals surface area contributed by atoms with Crippen LogP contribution in [-0.4, -0.2) is 12.5 Å². The van der Waals surface area contributed by atoms with E-state index in [0.29, 0.717) is 17.3 Å². The minimum absolute atomic E-state index is 0.0830. The Morgan fingerprint density at radius 2 is 2.18 bits per heavy atom. The summed E-state index contributed by atoms with van der Waals surface area (Å²) in [4.78, 5) is 12.4. The van der Waals surface area contributed by atoms with Crippen LogP contribution in [0.5, 0.6) is 0 Å². The third kappa shape index (κ3) is 2.82. The highest BCUT2D eigenvalue weighted by Crippen LogP contribution is 2.26. The molecule has 2 nitrogen and oxygen atoms in total. The van der Waals surface area contributed by atoms with Gasteiger partial charge in [-0.15, -0.1) is 11.3 Å². The number of benzene rings is 1. The molecule has 0 saturated heterocycles. The zero-order valence-electron chi connectivity index (χ0n) is 9.79. The Bertz CT molecular complexity index is 547. The van der Waals surface area contributed by atoms with Crippen molar-refractivity contribution in [3.05, 3.63) is 35.0 Å². The molecule has 0 bridgehead atoms. The number of nitrogens with one attached hydrogen (secondary N) is 1. The molecule has 0 fully saturated rings. The quantitative estimate of drug-likeness (QED) is 0.889. The molecule has 0 aliphatic heterocycles. The first-order valence-corrected chi connectivity index (χ1v) is 6.35. The van der Waals surface area contributed by atoms with E-state index >= 15 is 0 Å². The number of carbonyl (C=O) groups is 1. The Morgan fingerprint density at radius 3 is 2.88 bits per heavy atom. The standard InChI is InChI=1S/C13H14FNOS/c1-8(2)7-15-13(16)12-6-9-5-10(14)3-4-11(9)17-12/h3-6,8H,7H2,1-2H3,(H,15,16). The first-order chi connectivity index (χ1) is 8.06. The van der Waals surface area contributed by atoms with Crippen LogP contribution < -0.4 is 5.32 Å². The van der Waals surface area contributed by atoms with Gasteiger partial charge in [0, 0.05) is 11.2 Å². The third-order valence-electron chi connectivity index (χ3n) is 2.37. The summed E-state index contributed by atoms with van der Waals surface area (Å²) in [6.07, 6.45) is 0. The fourth-order valence-corrected chi connectivity index (χ4v) is 2.47. The lowest BCUT2D eigenvalue weighted by Crippen LogP contribution is -2.26. The van der Waals surface area contributed by atoms with Crippen molar-refractivity contribution in [2.24, 2.45) is 5.92 Å². The zero-order valence-corrected chi connectivity index (χ0v) is 10.6. The molecule has 4 heteroatoms. The molecule has 0 aliphatic carbocycles. The van der Waals surface area contributed by atoms with E-state index in [-0.39, 0.29) is 11.7 Å². The van der Waals surface area contributed by atoms with Gasteiger partial charge in [-0.2, -0.15) is 0 Å². The third-order valence-corrected chi connectivity index (χ3v) is 3.49. The van der Waals surface area contributed by atoms with Crippen LogP contribution in [0.25, 0.3) is 10.1 Å². The summed E-state index contributed by atoms with van der Waals surface area (Å²) >= 11 is 1.39. The van der Waals surface area contributed by atoms with Crippen molar-refractivity contribution < 1.29 is 9.18 Å². The van der Waals surface area contributed by atoms with E-state index in [0.717, 1.165) is 10.1 Å². The molecule has 1 heterocycles. The summed E-state index contributed by atoms with van der Waals surface area (Å²) in [6.45, 7) is 4.74. The van der Waals surface area contributed by atoms with Gasteiger partial charge in [-0.3, -0.25) is 4.79 Å². The molecular formula is C13H14FNOS. The second-order valence-corrected chi connectivity index (χ2v) is 5.48. The van der Waals surface area contributed by atoms with E-state index in [9.17, 15) is 9.18 Å². The molecule has 1 aromatic carbocycles. The van der Waals surface area contributed by atoms with Gasteiger partial charge in [0.25, 0.3) is 5.91 Å². The molecule has 0 atom stereocenters. The van der Waals surface area contributed by atoms with Gasteiger partial charge >= 0.3 is 0 Å². The Kier molecular flexibility index (Phi) is 3.43. The molecule has 2 aromatic rings. The van der Waals surface area contributed by atoms with Gasteiger partial charge in [0.2, 0.25) is 0 Å². The lowest BCUT2D eigenvalue weighted by molar-refractivity contribution is 0.0953. The minimum atomic E-state index is -0.274. The second-order valence-electron chi connectivity index (χ2n) is 4.40. The molecule has 2 rings (SSSR count). The molecule has 1 N–H and O–H groups in total. The molecule has 0 unspecified atom stereocenters. The van der Waals surface area contributed by atoms with Crippen molar-refractivity contribution in [1.29, 1.82) is 0 Å². The highest BCUT2D eigenvalue weighted by Gasteiger charge is 2.10. The first kappa shape index (κ1) is 12.0. The predicted molar refractivity (Wildman–Crippen MR) is 69.0 cm³/mol. The summed E-state index contributed by atoms with van der Waals surface area (Å²) < 4.78 is 13.9. The van der Waals surface area contributed by atoms with E-state index in [1.165, 1.54) is 23.5 Å². The molecule has 0 saturated carbocycles. The van der Waals surface area contributed by atoms with Crippen LogP contribution in [0.3, 0.4) is 0 Å². The molecular weight excluding hydrogens is 237 g/mol. The first-order valence-electron chi connectivity index (χ1n) is 5.53. The van der Waals surface area contributed by atoms with E-state index in [4.69, 9.17) is 0 Å². The van der Waals surface area contributed by atoms with Crippen molar-refractivity contribution in [2.45, 2.75) is 13.8 Å². The van der Waals surface area contributed by atoms with Gasteiger partial charge in [-0.1, -0.05) is 13.8 Å². The Balaban J connectivity index is 2.21. The van der Waals surface area contributed by atoms with Crippen molar-refractivity contribution in [2.75, 3.05) is 6.54 Å². The molecule has 17 heavy (non-hydrogen) atoms. The summed E-state index contributed by atoms with van der Waals surface area (Å²) in [5.41, 5.74) is 0. The summed E-state index contributed by atoms with van der Waals surface area (Å²) in [5, 5.41) is 3.63. The van der Waals surface area contributed by atoms with Crippen molar-refractivity contribution in [3.63, 3.8) is 0 Å². The van der Waals surface area contributed by atoms with Crippen LogP contribution in [-0.2, 0) is 0 Å². The monoisotopic (exact) mass is 251 g/mol. The van der Waals surface area contributed by atoms with Crippen molar-refractivity contribution >= 4 is 27.3 Å². The molecule has 0 aliphatic rings. The number of halogens is 1. The maximum Gasteiger partial charge on any atom is 0.261 e. The van der Waals surface area contributed by atoms with Gasteiger partial charge in [-0.05, 0) is 35.6 Å². The van der Waals surface area contributed by atoms with Crippen LogP contribution >= 0.6 is 11.3 Å². The molecule has 0 spiro atoms. The number of hydrogen-bond acceptors (Lipinski definition) is 2. The molecule has 1 amide bonds. The second kappa shape index (κ2) is 4.84. The summed E-state index contributed by atoms with van der Waals surface area (Å²) in [6, 6.07) is 6.30. The average Bonchev–Trinajstić information content (AvgIpc) is 2.68. The van der Waals surface area contributed by atoms with Crippen LogP contribution in [0.4, 0.5) is 4.39 Å². The number of rotatable bonds is 3. The van der Waals surface area contributed by atoms with Crippen molar-refractivity contribution in [1.82, 2.24) is 5.32 Å². The lowest BCUT2D eigenvalue weighted by atomic mass is 10.2. The number of fused-ring (bicyclic) bond motifs is 1. The van der Waals surface area contributed by atoms with Crippen molar-refractivity contribution in [3.8, 4) is 0 Å². The number of thiophene rings is 1. The minimum Gasteiger partial charge on any atom is -0.351 e. The smallest absolute Gasteiger partial charge is 0.261 e. The fourth-order valence-electron chi connectivity index (χ4n) is 1.51. The number of amides is 1. The van der Waals surface area contributed by atoms with Crippen LogP contribution in [0.1, 0.15) is 23.5 Å². The van der Waals surface area contributed by atoms with E-state index < -0.39 is 0 Å². The fraction of sp³-hybridized carbons (Fsp3) is 0.308. The average molecular weight is 251 g/mol. The predicted octanol–water partition coefficient (Wildman–Crippen LogP) is 3.43. The highest BCUT2D eigenvalue weighted by atomic mass is 32.1. The van der Waals surface area contributed by atoms with Crippen LogP contribution in [0.2, 0.25) is 0 Å². The van der Waals surface area contributed by atoms with E-state index in [1.54, 1.807) is 12.1 Å². The van der Waals surface area contributed by atoms with Gasteiger partial charge in [0.15, 0.2) is 0 Å². The van der Waals surface area contributed by atoms with Gasteiger partial charge in [0.05, 0.1) is 4.88 Å². The van der Waals surface area contributed by atoms with Gasteiger partial charge in [-0.25, -0.2) is 4.39 Å². The number of hydrogen-bond donors (Lipinski definition) is 1. The Labute approximate surface area is 103 Å². The largest absolute Gasteiger partial charge is 0.351 e. The van der Waals surface area contributed by atoms with Gasteiger partial charge in [0.1, 0.15) is 5.82 Å². The summed E-state index contributed by atoms with van der Waals surface area (Å²) in [5.74, 6) is 0.0653. The number of carbonyl (C=O) groups excluding carboxylic acids is 1. The Morgan fingerprint density at radius 1 is 1.41 bits per heavy atom. The van der Waals surface area contributed by atoms with Crippen LogP contribution in [0.15, 0.2) is 24.3 Å². The zero-order chi connectivity index (χ0) is 12.4. The van der Waals surface area contributed by atoms with Crippen LogP contribution in [0, 0.1) is 11.7 Å². The SMILES string of the molecule is CC(C)CNC(=O)c1cc2cc(F)ccc2s1. The molecule has 0 radical (unpaired) electrons. The topological polar surface area (TPSA) is 29.1 Å².